The zero-order chi connectivity index (χ0) is 11.8. The van der Waals surface area contributed by atoms with E-state index in [1.165, 1.54) is 0 Å². The molecule has 0 N–H and O–H groups in total. The van der Waals surface area contributed by atoms with Crippen molar-refractivity contribution in [3.05, 3.63) is 11.1 Å². The predicted molar refractivity (Wildman–Crippen MR) is 62.6 cm³/mol. The van der Waals surface area contributed by atoms with Crippen LogP contribution in [0.4, 0.5) is 0 Å². The molecule has 4 heteroatoms. The van der Waals surface area contributed by atoms with Gasteiger partial charge in [0.25, 0.3) is 0 Å². The van der Waals surface area contributed by atoms with Gasteiger partial charge in [-0.1, -0.05) is 25.0 Å². The highest BCUT2D eigenvalue weighted by Gasteiger charge is 2.71. The van der Waals surface area contributed by atoms with Crippen molar-refractivity contribution in [1.29, 1.82) is 0 Å². The molecule has 1 aliphatic heterocycles. The molecular weight excluding hydrogens is 232 g/mol. The van der Waals surface area contributed by atoms with Crippen LogP contribution in [0.1, 0.15) is 34.6 Å². The van der Waals surface area contributed by atoms with Gasteiger partial charge in [0, 0.05) is 5.41 Å². The van der Waals surface area contributed by atoms with Crippen molar-refractivity contribution in [2.45, 2.75) is 44.1 Å². The lowest BCUT2D eigenvalue weighted by Crippen LogP contribution is -2.38. The van der Waals surface area contributed by atoms with Gasteiger partial charge in [0.05, 0.1) is 4.75 Å². The molecule has 0 amide bonds. The van der Waals surface area contributed by atoms with Crippen molar-refractivity contribution in [2.75, 3.05) is 0 Å². The Bertz CT molecular complexity index is 465. The van der Waals surface area contributed by atoms with E-state index < -0.39 is 19.3 Å². The highest BCUT2D eigenvalue weighted by molar-refractivity contribution is 7.95. The summed E-state index contributed by atoms with van der Waals surface area (Å²) >= 11 is 6.16. The van der Waals surface area contributed by atoms with E-state index in [1.807, 2.05) is 34.6 Å². The number of hydrogen-bond donors (Lipinski definition) is 0. The molecule has 86 valence electrons. The van der Waals surface area contributed by atoms with E-state index in [4.69, 9.17) is 11.6 Å². The summed E-state index contributed by atoms with van der Waals surface area (Å²) in [6, 6.07) is 0. The van der Waals surface area contributed by atoms with Crippen molar-refractivity contribution in [1.82, 2.24) is 0 Å². The normalized spacial score (nSPS) is 52.7. The maximum atomic E-state index is 12.3. The van der Waals surface area contributed by atoms with Crippen LogP contribution in [-0.4, -0.2) is 17.9 Å². The molecule has 0 aromatic carbocycles. The molecule has 1 saturated heterocycles. The molecule has 2 nitrogen and oxygen atoms in total. The summed E-state index contributed by atoms with van der Waals surface area (Å²) in [5.74, 6) is 0.0671. The average molecular weight is 249 g/mol. The highest BCUT2D eigenvalue weighted by atomic mass is 35.5. The van der Waals surface area contributed by atoms with Gasteiger partial charge in [-0.2, -0.15) is 0 Å². The van der Waals surface area contributed by atoms with Crippen LogP contribution < -0.4 is 0 Å². The topological polar surface area (TPSA) is 34.1 Å². The summed E-state index contributed by atoms with van der Waals surface area (Å²) in [7, 11) is -3.25. The van der Waals surface area contributed by atoms with E-state index in [9.17, 15) is 8.42 Å². The smallest absolute Gasteiger partial charge is 0.177 e. The van der Waals surface area contributed by atoms with E-state index in [-0.39, 0.29) is 11.3 Å². The lowest BCUT2D eigenvalue weighted by molar-refractivity contribution is 0.302. The molecule has 4 atom stereocenters. The van der Waals surface area contributed by atoms with E-state index in [1.54, 1.807) is 0 Å². The maximum Gasteiger partial charge on any atom is 0.177 e. The van der Waals surface area contributed by atoms with Gasteiger partial charge in [0.2, 0.25) is 0 Å². The number of halogens is 1. The quantitative estimate of drug-likeness (QED) is 0.488. The van der Waals surface area contributed by atoms with Crippen LogP contribution in [0.3, 0.4) is 0 Å². The molecule has 2 rings (SSSR count). The molecule has 2 aliphatic rings. The first-order valence-corrected chi connectivity index (χ1v) is 7.17. The Labute approximate surface area is 96.6 Å². The second-order valence-corrected chi connectivity index (χ2v) is 8.33. The molecule has 2 bridgehead atoms. The van der Waals surface area contributed by atoms with Crippen LogP contribution in [-0.2, 0) is 9.84 Å². The Kier molecular flexibility index (Phi) is 2.00. The number of sulfone groups is 1. The monoisotopic (exact) mass is 248 g/mol. The van der Waals surface area contributed by atoms with Crippen LogP contribution in [0.5, 0.6) is 0 Å². The molecular formula is C11H17ClO2S. The minimum absolute atomic E-state index is 0.0671. The van der Waals surface area contributed by atoms with Gasteiger partial charge in [-0.05, 0) is 26.7 Å². The minimum atomic E-state index is -3.25. The molecule has 0 saturated carbocycles. The van der Waals surface area contributed by atoms with E-state index in [0.717, 1.165) is 11.1 Å². The fourth-order valence-electron chi connectivity index (χ4n) is 3.36. The number of allylic oxidation sites excluding steroid dienone is 1. The van der Waals surface area contributed by atoms with Crippen molar-refractivity contribution in [2.24, 2.45) is 11.3 Å². The van der Waals surface area contributed by atoms with Crippen LogP contribution in [0.15, 0.2) is 11.1 Å². The van der Waals surface area contributed by atoms with Crippen molar-refractivity contribution in [3.63, 3.8) is 0 Å². The highest BCUT2D eigenvalue weighted by Crippen LogP contribution is 2.66. The van der Waals surface area contributed by atoms with Crippen molar-refractivity contribution >= 4 is 21.4 Å². The van der Waals surface area contributed by atoms with Crippen molar-refractivity contribution in [3.8, 4) is 0 Å². The Morgan fingerprint density at radius 2 is 1.67 bits per heavy atom. The average Bonchev–Trinajstić information content (AvgIpc) is 2.37. The van der Waals surface area contributed by atoms with Gasteiger partial charge in [0.15, 0.2) is 9.84 Å². The van der Waals surface area contributed by atoms with Gasteiger partial charge in [-0.25, -0.2) is 8.42 Å². The summed E-state index contributed by atoms with van der Waals surface area (Å²) in [6.45, 7) is 9.74. The molecule has 1 unspecified atom stereocenters. The lowest BCUT2D eigenvalue weighted by Gasteiger charge is -2.31. The summed E-state index contributed by atoms with van der Waals surface area (Å²) in [5, 5.41) is 0. The van der Waals surface area contributed by atoms with Crippen LogP contribution in [0.2, 0.25) is 0 Å². The Balaban J connectivity index is 2.86. The Morgan fingerprint density at radius 1 is 1.20 bits per heavy atom. The number of rotatable bonds is 0. The fourth-order valence-corrected chi connectivity index (χ4v) is 7.04. The molecule has 15 heavy (non-hydrogen) atoms. The molecule has 0 spiro atoms. The first-order chi connectivity index (χ1) is 6.62. The lowest BCUT2D eigenvalue weighted by atomic mass is 9.76. The third-order valence-electron chi connectivity index (χ3n) is 5.18. The number of hydrogen-bond acceptors (Lipinski definition) is 2. The third-order valence-corrected chi connectivity index (χ3v) is 9.21. The van der Waals surface area contributed by atoms with Crippen LogP contribution in [0, 0.1) is 11.3 Å². The Morgan fingerprint density at radius 3 is 2.00 bits per heavy atom. The standard InChI is InChI=1S/C11H17ClO2S/c1-6-7(2)11(5)8(3)10(6,4)9(12)15(11,13)14/h8-9H,1-5H3/t8?,9-,10-,11+/m1/s1. The van der Waals surface area contributed by atoms with E-state index >= 15 is 0 Å². The number of alkyl halides is 1. The van der Waals surface area contributed by atoms with Crippen LogP contribution in [0.25, 0.3) is 0 Å². The third kappa shape index (κ3) is 0.836. The molecule has 0 aromatic heterocycles. The second-order valence-electron chi connectivity index (χ2n) is 5.22. The van der Waals surface area contributed by atoms with Gasteiger partial charge >= 0.3 is 0 Å². The molecule has 0 radical (unpaired) electrons. The Hall–Kier alpha value is -0.0200. The van der Waals surface area contributed by atoms with Gasteiger partial charge < -0.3 is 0 Å². The van der Waals surface area contributed by atoms with E-state index in [2.05, 4.69) is 0 Å². The summed E-state index contributed by atoms with van der Waals surface area (Å²) < 4.78 is 23.0. The van der Waals surface area contributed by atoms with Gasteiger partial charge in [-0.3, -0.25) is 0 Å². The molecule has 0 aromatic rings. The largest absolute Gasteiger partial charge is 0.226 e. The summed E-state index contributed by atoms with van der Waals surface area (Å²) in [5.41, 5.74) is 1.76. The molecule has 1 heterocycles. The second kappa shape index (κ2) is 2.62. The molecule has 1 aliphatic carbocycles. The van der Waals surface area contributed by atoms with E-state index in [0.29, 0.717) is 0 Å². The molecule has 1 fully saturated rings. The maximum absolute atomic E-state index is 12.3. The first-order valence-electron chi connectivity index (χ1n) is 5.18. The fraction of sp³-hybridized carbons (Fsp3) is 0.818. The minimum Gasteiger partial charge on any atom is -0.226 e. The van der Waals surface area contributed by atoms with Crippen LogP contribution >= 0.6 is 11.6 Å². The zero-order valence-electron chi connectivity index (χ0n) is 9.76. The first kappa shape index (κ1) is 11.5. The number of fused-ring (bicyclic) bond motifs is 2. The SMILES string of the molecule is CC1=C(C)[C@]2(C)C(C)[C@@]1(C)S(=O)(=O)[C@H]2Cl. The predicted octanol–water partition coefficient (Wildman–Crippen LogP) is 2.73. The van der Waals surface area contributed by atoms with Crippen molar-refractivity contribution < 1.29 is 8.42 Å². The zero-order valence-corrected chi connectivity index (χ0v) is 11.3. The summed E-state index contributed by atoms with van der Waals surface area (Å²) in [4.78, 5) is 0. The van der Waals surface area contributed by atoms with Gasteiger partial charge in [0.1, 0.15) is 4.71 Å². The summed E-state index contributed by atoms with van der Waals surface area (Å²) in [6.07, 6.45) is 0. The van der Waals surface area contributed by atoms with Gasteiger partial charge in [-0.15, -0.1) is 11.6 Å².